The molecule has 0 aliphatic carbocycles. The van der Waals surface area contributed by atoms with Crippen molar-refractivity contribution in [2.75, 3.05) is 0 Å². The molecule has 0 aliphatic heterocycles. The van der Waals surface area contributed by atoms with Gasteiger partial charge in [-0.05, 0) is 24.6 Å². The van der Waals surface area contributed by atoms with Crippen LogP contribution in [0.4, 0.5) is 13.2 Å². The van der Waals surface area contributed by atoms with Gasteiger partial charge in [-0.1, -0.05) is 15.9 Å². The third-order valence-electron chi connectivity index (χ3n) is 1.40. The van der Waals surface area contributed by atoms with Crippen LogP contribution in [0.2, 0.25) is 0 Å². The van der Waals surface area contributed by atoms with Crippen LogP contribution in [0.15, 0.2) is 16.6 Å². The maximum atomic E-state index is 12.7. The molecular formula is C8H5BrF3. The first-order chi connectivity index (χ1) is 5.52. The highest BCUT2D eigenvalue weighted by atomic mass is 79.9. The van der Waals surface area contributed by atoms with Gasteiger partial charge < -0.3 is 0 Å². The first-order valence-electron chi connectivity index (χ1n) is 3.11. The predicted octanol–water partition coefficient (Wildman–Crippen LogP) is 3.71. The predicted molar refractivity (Wildman–Crippen MR) is 43.5 cm³/mol. The van der Waals surface area contributed by atoms with Gasteiger partial charge in [-0.3, -0.25) is 0 Å². The van der Waals surface area contributed by atoms with Crippen LogP contribution in [0, 0.1) is 12.7 Å². The Labute approximate surface area is 76.5 Å². The summed E-state index contributed by atoms with van der Waals surface area (Å²) in [4.78, 5) is 0. The zero-order valence-corrected chi connectivity index (χ0v) is 7.54. The molecule has 0 bridgehead atoms. The summed E-state index contributed by atoms with van der Waals surface area (Å²) in [5.74, 6) is -0.714. The van der Waals surface area contributed by atoms with Crippen molar-refractivity contribution in [1.29, 1.82) is 0 Å². The summed E-state index contributed by atoms with van der Waals surface area (Å²) in [5.41, 5.74) is -0.244. The Bertz CT molecular complexity index is 297. The summed E-state index contributed by atoms with van der Waals surface area (Å²) in [6.07, 6.45) is -2.67. The second kappa shape index (κ2) is 3.47. The lowest BCUT2D eigenvalue weighted by Gasteiger charge is -2.04. The topological polar surface area (TPSA) is 0 Å². The molecule has 0 amide bonds. The quantitative estimate of drug-likeness (QED) is 0.699. The number of hydrogen-bond donors (Lipinski definition) is 0. The zero-order chi connectivity index (χ0) is 9.30. The number of hydrogen-bond acceptors (Lipinski definition) is 0. The van der Waals surface area contributed by atoms with Gasteiger partial charge in [0.1, 0.15) is 5.82 Å². The average molecular weight is 238 g/mol. The van der Waals surface area contributed by atoms with Gasteiger partial charge in [0.25, 0.3) is 6.43 Å². The fraction of sp³-hybridized carbons (Fsp3) is 0.125. The molecule has 65 valence electrons. The first-order valence-corrected chi connectivity index (χ1v) is 3.90. The standard InChI is InChI=1S/C8H5BrF3/c1-4-2-6(9)5(8(11)12)3-7(4)10/h2-3,8H,1H2. The number of alkyl halides is 2. The Balaban J connectivity index is 3.23. The Kier molecular flexibility index (Phi) is 2.77. The van der Waals surface area contributed by atoms with E-state index in [0.717, 1.165) is 6.07 Å². The van der Waals surface area contributed by atoms with Crippen LogP contribution in [-0.2, 0) is 0 Å². The summed E-state index contributed by atoms with van der Waals surface area (Å²) in [5, 5.41) is 0. The second-order valence-electron chi connectivity index (χ2n) is 2.27. The number of halogens is 4. The van der Waals surface area contributed by atoms with Gasteiger partial charge >= 0.3 is 0 Å². The fourth-order valence-electron chi connectivity index (χ4n) is 0.771. The molecule has 0 N–H and O–H groups in total. The molecule has 0 saturated heterocycles. The molecule has 4 heteroatoms. The van der Waals surface area contributed by atoms with Crippen molar-refractivity contribution < 1.29 is 13.2 Å². The number of rotatable bonds is 1. The zero-order valence-electron chi connectivity index (χ0n) is 5.95. The second-order valence-corrected chi connectivity index (χ2v) is 3.12. The fourth-order valence-corrected chi connectivity index (χ4v) is 1.33. The van der Waals surface area contributed by atoms with Gasteiger partial charge in [-0.25, -0.2) is 13.2 Å². The van der Waals surface area contributed by atoms with Gasteiger partial charge in [0.05, 0.1) is 0 Å². The Morgan fingerprint density at radius 1 is 1.33 bits per heavy atom. The highest BCUT2D eigenvalue weighted by Gasteiger charge is 2.13. The molecule has 0 unspecified atom stereocenters. The lowest BCUT2D eigenvalue weighted by atomic mass is 10.1. The van der Waals surface area contributed by atoms with E-state index < -0.39 is 12.2 Å². The average Bonchev–Trinajstić information content (AvgIpc) is 1.96. The maximum absolute atomic E-state index is 12.7. The van der Waals surface area contributed by atoms with E-state index in [-0.39, 0.29) is 15.6 Å². The third kappa shape index (κ3) is 1.80. The van der Waals surface area contributed by atoms with Crippen molar-refractivity contribution in [2.45, 2.75) is 6.43 Å². The van der Waals surface area contributed by atoms with Gasteiger partial charge in [0, 0.05) is 10.0 Å². The minimum atomic E-state index is -2.67. The van der Waals surface area contributed by atoms with Crippen LogP contribution in [0.25, 0.3) is 0 Å². The van der Waals surface area contributed by atoms with Crippen LogP contribution in [-0.4, -0.2) is 0 Å². The molecule has 0 aliphatic rings. The molecule has 0 spiro atoms. The van der Waals surface area contributed by atoms with Crippen molar-refractivity contribution in [3.63, 3.8) is 0 Å². The van der Waals surface area contributed by atoms with E-state index >= 15 is 0 Å². The van der Waals surface area contributed by atoms with Crippen molar-refractivity contribution in [3.05, 3.63) is 40.5 Å². The highest BCUT2D eigenvalue weighted by Crippen LogP contribution is 2.29. The van der Waals surface area contributed by atoms with Crippen LogP contribution < -0.4 is 0 Å². The number of benzene rings is 1. The maximum Gasteiger partial charge on any atom is 0.265 e. The van der Waals surface area contributed by atoms with E-state index in [1.165, 1.54) is 6.07 Å². The molecule has 0 aromatic heterocycles. The SMILES string of the molecule is [CH2]c1cc(Br)c(C(F)F)cc1F. The highest BCUT2D eigenvalue weighted by molar-refractivity contribution is 9.10. The minimum Gasteiger partial charge on any atom is -0.207 e. The van der Waals surface area contributed by atoms with E-state index in [1.807, 2.05) is 0 Å². The van der Waals surface area contributed by atoms with Crippen molar-refractivity contribution in [1.82, 2.24) is 0 Å². The van der Waals surface area contributed by atoms with Crippen molar-refractivity contribution >= 4 is 15.9 Å². The monoisotopic (exact) mass is 237 g/mol. The molecule has 1 rings (SSSR count). The van der Waals surface area contributed by atoms with Crippen molar-refractivity contribution in [3.8, 4) is 0 Å². The van der Waals surface area contributed by atoms with Gasteiger partial charge in [-0.2, -0.15) is 0 Å². The minimum absolute atomic E-state index is 0.103. The largest absolute Gasteiger partial charge is 0.265 e. The molecule has 12 heavy (non-hydrogen) atoms. The smallest absolute Gasteiger partial charge is 0.207 e. The summed E-state index contributed by atoms with van der Waals surface area (Å²) < 4.78 is 37.1. The molecule has 0 saturated carbocycles. The van der Waals surface area contributed by atoms with E-state index in [2.05, 4.69) is 22.9 Å². The van der Waals surface area contributed by atoms with E-state index in [4.69, 9.17) is 0 Å². The summed E-state index contributed by atoms with van der Waals surface area (Å²) >= 11 is 2.90. The summed E-state index contributed by atoms with van der Waals surface area (Å²) in [7, 11) is 0. The van der Waals surface area contributed by atoms with Crippen molar-refractivity contribution in [2.24, 2.45) is 0 Å². The van der Waals surface area contributed by atoms with E-state index in [1.54, 1.807) is 0 Å². The lowest BCUT2D eigenvalue weighted by Crippen LogP contribution is -1.91. The van der Waals surface area contributed by atoms with Crippen LogP contribution in [0.5, 0.6) is 0 Å². The normalized spacial score (nSPS) is 10.8. The van der Waals surface area contributed by atoms with E-state index in [9.17, 15) is 13.2 Å². The molecule has 1 aromatic rings. The Morgan fingerprint density at radius 2 is 1.92 bits per heavy atom. The summed E-state index contributed by atoms with van der Waals surface area (Å²) in [6, 6.07) is 2.02. The van der Waals surface area contributed by atoms with Crippen LogP contribution in [0.1, 0.15) is 17.6 Å². The van der Waals surface area contributed by atoms with Gasteiger partial charge in [-0.15, -0.1) is 0 Å². The van der Waals surface area contributed by atoms with Crippen LogP contribution >= 0.6 is 15.9 Å². The molecule has 1 radical (unpaired) electrons. The molecule has 0 nitrogen and oxygen atoms in total. The molecular weight excluding hydrogens is 233 g/mol. The molecule has 1 aromatic carbocycles. The van der Waals surface area contributed by atoms with Gasteiger partial charge in [0.2, 0.25) is 0 Å². The van der Waals surface area contributed by atoms with Crippen LogP contribution in [0.3, 0.4) is 0 Å². The third-order valence-corrected chi connectivity index (χ3v) is 2.09. The Morgan fingerprint density at radius 3 is 2.42 bits per heavy atom. The first kappa shape index (κ1) is 9.58. The molecule has 0 heterocycles. The Hall–Kier alpha value is -0.510. The van der Waals surface area contributed by atoms with E-state index in [0.29, 0.717) is 0 Å². The van der Waals surface area contributed by atoms with Gasteiger partial charge in [0.15, 0.2) is 0 Å². The summed E-state index contributed by atoms with van der Waals surface area (Å²) in [6.45, 7) is 3.33. The molecule has 0 atom stereocenters. The lowest BCUT2D eigenvalue weighted by molar-refractivity contribution is 0.150. The molecule has 0 fully saturated rings.